The molecule has 0 aromatic carbocycles. The molecule has 1 fully saturated rings. The van der Waals surface area contributed by atoms with Gasteiger partial charge < -0.3 is 10.1 Å². The zero-order chi connectivity index (χ0) is 12.6. The van der Waals surface area contributed by atoms with E-state index in [9.17, 15) is 8.78 Å². The quantitative estimate of drug-likeness (QED) is 0.812. The van der Waals surface area contributed by atoms with E-state index in [1.54, 1.807) is 0 Å². The third kappa shape index (κ3) is 5.75. The summed E-state index contributed by atoms with van der Waals surface area (Å²) in [6.45, 7) is 6.32. The number of hydrogen-bond donors (Lipinski definition) is 1. The smallest absolute Gasteiger partial charge is 0.318 e. The Hall–Kier alpha value is -0.220. The average molecular weight is 237 g/mol. The number of halogens is 2. The molecule has 1 saturated heterocycles. The van der Waals surface area contributed by atoms with Crippen molar-refractivity contribution in [2.24, 2.45) is 5.92 Å². The molecule has 0 aromatic heterocycles. The maximum absolute atomic E-state index is 12.1. The van der Waals surface area contributed by atoms with Crippen molar-refractivity contribution in [1.29, 1.82) is 0 Å². The molecule has 0 aliphatic carbocycles. The lowest BCUT2D eigenvalue weighted by atomic mass is 9.96. The van der Waals surface area contributed by atoms with Crippen molar-refractivity contribution in [2.45, 2.75) is 65.7 Å². The largest absolute Gasteiger partial charge is 0.345 e. The van der Waals surface area contributed by atoms with Crippen LogP contribution in [0.3, 0.4) is 0 Å². The second kappa shape index (κ2) is 8.88. The fourth-order valence-corrected chi connectivity index (χ4v) is 2.00. The number of ether oxygens (including phenoxy) is 1. The molecule has 0 radical (unpaired) electrons. The van der Waals surface area contributed by atoms with E-state index in [-0.39, 0.29) is 12.1 Å². The number of nitrogens with one attached hydrogen (secondary N) is 1. The first-order valence-electron chi connectivity index (χ1n) is 6.28. The van der Waals surface area contributed by atoms with E-state index in [1.165, 1.54) is 0 Å². The minimum Gasteiger partial charge on any atom is -0.318 e. The summed E-state index contributed by atoms with van der Waals surface area (Å²) >= 11 is 0. The second-order valence-corrected chi connectivity index (χ2v) is 4.15. The molecule has 1 rings (SSSR count). The topological polar surface area (TPSA) is 21.3 Å². The van der Waals surface area contributed by atoms with E-state index in [2.05, 4.69) is 10.1 Å². The van der Waals surface area contributed by atoms with Crippen molar-refractivity contribution in [3.05, 3.63) is 0 Å². The van der Waals surface area contributed by atoms with E-state index in [1.807, 2.05) is 27.7 Å². The molecule has 1 aliphatic heterocycles. The summed E-state index contributed by atoms with van der Waals surface area (Å²) in [6.07, 6.45) is 2.41. The zero-order valence-corrected chi connectivity index (χ0v) is 10.8. The summed E-state index contributed by atoms with van der Waals surface area (Å²) in [5.41, 5.74) is 0. The van der Waals surface area contributed by atoms with Crippen molar-refractivity contribution in [2.75, 3.05) is 6.54 Å². The van der Waals surface area contributed by atoms with Crippen LogP contribution in [0.25, 0.3) is 0 Å². The van der Waals surface area contributed by atoms with Crippen LogP contribution in [0.2, 0.25) is 0 Å². The summed E-state index contributed by atoms with van der Waals surface area (Å²) in [6, 6.07) is 0.0616. The summed E-state index contributed by atoms with van der Waals surface area (Å²) in [5, 5.41) is 3.28. The van der Waals surface area contributed by atoms with E-state index >= 15 is 0 Å². The number of hydrogen-bond acceptors (Lipinski definition) is 2. The second-order valence-electron chi connectivity index (χ2n) is 4.15. The first kappa shape index (κ1) is 15.8. The van der Waals surface area contributed by atoms with Crippen LogP contribution in [-0.2, 0) is 4.74 Å². The molecule has 1 N–H and O–H groups in total. The summed E-state index contributed by atoms with van der Waals surface area (Å²) < 4.78 is 28.9. The molecule has 0 amide bonds. The minimum atomic E-state index is -2.65. The lowest BCUT2D eigenvalue weighted by Gasteiger charge is -2.28. The van der Waals surface area contributed by atoms with Crippen LogP contribution >= 0.6 is 0 Å². The molecule has 0 bridgehead atoms. The minimum absolute atomic E-state index is 0.0616. The lowest BCUT2D eigenvalue weighted by molar-refractivity contribution is -0.173. The third-order valence-electron chi connectivity index (χ3n) is 2.69. The van der Waals surface area contributed by atoms with Gasteiger partial charge in [0, 0.05) is 6.04 Å². The van der Waals surface area contributed by atoms with E-state index < -0.39 is 6.61 Å². The summed E-state index contributed by atoms with van der Waals surface area (Å²) in [4.78, 5) is 0. The summed E-state index contributed by atoms with van der Waals surface area (Å²) in [7, 11) is 0. The molecule has 16 heavy (non-hydrogen) atoms. The average Bonchev–Trinajstić information content (AvgIpc) is 2.45. The monoisotopic (exact) mass is 237 g/mol. The molecule has 2 atom stereocenters. The van der Waals surface area contributed by atoms with Crippen LogP contribution in [0, 0.1) is 5.92 Å². The normalized spacial score (nSPS) is 26.2. The highest BCUT2D eigenvalue weighted by molar-refractivity contribution is 4.82. The van der Waals surface area contributed by atoms with Gasteiger partial charge in [0.05, 0.1) is 6.10 Å². The number of alkyl halides is 2. The van der Waals surface area contributed by atoms with E-state index in [0.717, 1.165) is 25.8 Å². The first-order valence-corrected chi connectivity index (χ1v) is 6.28. The van der Waals surface area contributed by atoms with Gasteiger partial charge in [0.25, 0.3) is 0 Å². The van der Waals surface area contributed by atoms with Crippen LogP contribution in [0.15, 0.2) is 0 Å². The maximum Gasteiger partial charge on any atom is 0.345 e. The number of rotatable bonds is 3. The predicted octanol–water partition coefficient (Wildman–Crippen LogP) is 3.42. The van der Waals surface area contributed by atoms with Crippen LogP contribution in [-0.4, -0.2) is 25.3 Å². The van der Waals surface area contributed by atoms with Gasteiger partial charge in [-0.05, 0) is 31.7 Å². The highest BCUT2D eigenvalue weighted by Crippen LogP contribution is 2.20. The Bertz CT molecular complexity index is 165. The standard InChI is InChI=1S/C10H19F2NO.C2H6/c1-7(2)9-8(14-10(11)12)5-3-4-6-13-9;1-2/h7-10,13H,3-6H2,1-2H3;1-2H3. The van der Waals surface area contributed by atoms with E-state index in [4.69, 9.17) is 0 Å². The first-order chi connectivity index (χ1) is 7.61. The van der Waals surface area contributed by atoms with Crippen molar-refractivity contribution >= 4 is 0 Å². The molecular weight excluding hydrogens is 212 g/mol. The van der Waals surface area contributed by atoms with Crippen molar-refractivity contribution in [3.8, 4) is 0 Å². The van der Waals surface area contributed by atoms with Gasteiger partial charge in [0.1, 0.15) is 0 Å². The molecule has 1 aliphatic rings. The fraction of sp³-hybridized carbons (Fsp3) is 1.00. The Morgan fingerprint density at radius 1 is 1.19 bits per heavy atom. The Labute approximate surface area is 97.7 Å². The van der Waals surface area contributed by atoms with Crippen LogP contribution < -0.4 is 5.32 Å². The molecule has 0 saturated carbocycles. The van der Waals surface area contributed by atoms with Crippen molar-refractivity contribution < 1.29 is 13.5 Å². The SMILES string of the molecule is CC.CC(C)C1NCCCCC1OC(F)F. The van der Waals surface area contributed by atoms with Gasteiger partial charge in [0.15, 0.2) is 0 Å². The molecule has 0 aromatic rings. The Balaban J connectivity index is 0.00000106. The summed E-state index contributed by atoms with van der Waals surface area (Å²) in [5.74, 6) is 0.330. The van der Waals surface area contributed by atoms with Crippen LogP contribution in [0.5, 0.6) is 0 Å². The zero-order valence-electron chi connectivity index (χ0n) is 10.8. The Kier molecular flexibility index (Phi) is 8.76. The van der Waals surface area contributed by atoms with Crippen molar-refractivity contribution in [3.63, 3.8) is 0 Å². The van der Waals surface area contributed by atoms with Gasteiger partial charge in [-0.25, -0.2) is 0 Å². The molecule has 2 unspecified atom stereocenters. The van der Waals surface area contributed by atoms with Gasteiger partial charge in [-0.15, -0.1) is 0 Å². The van der Waals surface area contributed by atoms with Crippen LogP contribution in [0.4, 0.5) is 8.78 Å². The molecule has 0 spiro atoms. The third-order valence-corrected chi connectivity index (χ3v) is 2.69. The Morgan fingerprint density at radius 3 is 2.31 bits per heavy atom. The van der Waals surface area contributed by atoms with Gasteiger partial charge in [-0.1, -0.05) is 27.7 Å². The molecule has 98 valence electrons. The molecular formula is C12H25F2NO. The maximum atomic E-state index is 12.1. The van der Waals surface area contributed by atoms with Gasteiger partial charge in [-0.3, -0.25) is 0 Å². The van der Waals surface area contributed by atoms with Gasteiger partial charge >= 0.3 is 6.61 Å². The van der Waals surface area contributed by atoms with Crippen molar-refractivity contribution in [1.82, 2.24) is 5.32 Å². The molecule has 4 heteroatoms. The lowest BCUT2D eigenvalue weighted by Crippen LogP contribution is -2.44. The Morgan fingerprint density at radius 2 is 1.81 bits per heavy atom. The predicted molar refractivity (Wildman–Crippen MR) is 62.7 cm³/mol. The van der Waals surface area contributed by atoms with Crippen LogP contribution in [0.1, 0.15) is 47.0 Å². The van der Waals surface area contributed by atoms with Gasteiger partial charge in [-0.2, -0.15) is 8.78 Å². The highest BCUT2D eigenvalue weighted by atomic mass is 19.3. The highest BCUT2D eigenvalue weighted by Gasteiger charge is 2.28. The van der Waals surface area contributed by atoms with Gasteiger partial charge in [0.2, 0.25) is 0 Å². The fourth-order valence-electron chi connectivity index (χ4n) is 2.00. The van der Waals surface area contributed by atoms with E-state index in [0.29, 0.717) is 5.92 Å². The molecule has 2 nitrogen and oxygen atoms in total. The molecule has 1 heterocycles.